The fourth-order valence-electron chi connectivity index (χ4n) is 1.26. The van der Waals surface area contributed by atoms with Crippen LogP contribution >= 0.6 is 24.8 Å². The number of aromatic nitrogens is 3. The van der Waals surface area contributed by atoms with E-state index >= 15 is 0 Å². The molecule has 0 spiro atoms. The summed E-state index contributed by atoms with van der Waals surface area (Å²) in [5.41, 5.74) is 1.70. The van der Waals surface area contributed by atoms with Crippen LogP contribution in [0.1, 0.15) is 11.4 Å². The normalized spacial score (nSPS) is 13.9. The first-order valence-electron chi connectivity index (χ1n) is 3.64. The molecule has 1 aromatic rings. The number of hydrogen-bond acceptors (Lipinski definition) is 4. The van der Waals surface area contributed by atoms with E-state index < -0.39 is 0 Å². The van der Waals surface area contributed by atoms with Crippen molar-refractivity contribution < 1.29 is 5.11 Å². The van der Waals surface area contributed by atoms with Gasteiger partial charge in [0.15, 0.2) is 0 Å². The van der Waals surface area contributed by atoms with Crippen molar-refractivity contribution in [1.82, 2.24) is 20.3 Å². The fourth-order valence-corrected chi connectivity index (χ4v) is 1.26. The van der Waals surface area contributed by atoms with Crippen molar-refractivity contribution in [2.75, 3.05) is 6.54 Å². The average Bonchev–Trinajstić information content (AvgIpc) is 2.47. The number of nitrogens with one attached hydrogen (secondary N) is 1. The van der Waals surface area contributed by atoms with Gasteiger partial charge in [0.25, 0.3) is 0 Å². The molecule has 1 aromatic heterocycles. The van der Waals surface area contributed by atoms with Crippen LogP contribution in [0, 0.1) is 0 Å². The minimum Gasteiger partial charge on any atom is -0.390 e. The van der Waals surface area contributed by atoms with Gasteiger partial charge >= 0.3 is 0 Å². The van der Waals surface area contributed by atoms with Crippen molar-refractivity contribution in [2.24, 2.45) is 0 Å². The minimum atomic E-state index is -0.0169. The van der Waals surface area contributed by atoms with Crippen LogP contribution in [0.5, 0.6) is 0 Å². The molecule has 0 amide bonds. The van der Waals surface area contributed by atoms with E-state index in [0.29, 0.717) is 5.69 Å². The van der Waals surface area contributed by atoms with Gasteiger partial charge < -0.3 is 10.4 Å². The Balaban J connectivity index is 0.000000720. The van der Waals surface area contributed by atoms with Gasteiger partial charge in [-0.05, 0) is 0 Å². The summed E-state index contributed by atoms with van der Waals surface area (Å²) < 4.78 is 1.84. The smallest absolute Gasteiger partial charge is 0.113 e. The standard InChI is InChI=1S/C6H10N4O.2ClH/c11-4-5-6-3-7-1-2-10(6)9-8-5;;/h7,11H,1-4H2;2*1H. The van der Waals surface area contributed by atoms with Crippen LogP contribution in [0.3, 0.4) is 0 Å². The number of aliphatic hydroxyl groups is 1. The highest BCUT2D eigenvalue weighted by atomic mass is 35.5. The van der Waals surface area contributed by atoms with Crippen LogP contribution in [-0.4, -0.2) is 26.6 Å². The van der Waals surface area contributed by atoms with Crippen molar-refractivity contribution in [2.45, 2.75) is 19.7 Å². The van der Waals surface area contributed by atoms with Crippen molar-refractivity contribution in [3.8, 4) is 0 Å². The van der Waals surface area contributed by atoms with Gasteiger partial charge in [0, 0.05) is 13.1 Å². The van der Waals surface area contributed by atoms with E-state index in [4.69, 9.17) is 5.11 Å². The molecule has 1 aliphatic rings. The molecular weight excluding hydrogens is 215 g/mol. The third-order valence-corrected chi connectivity index (χ3v) is 1.86. The van der Waals surface area contributed by atoms with E-state index in [2.05, 4.69) is 15.6 Å². The molecule has 76 valence electrons. The topological polar surface area (TPSA) is 63.0 Å². The first kappa shape index (κ1) is 12.6. The predicted molar refractivity (Wildman–Crippen MR) is 52.1 cm³/mol. The van der Waals surface area contributed by atoms with E-state index in [-0.39, 0.29) is 31.4 Å². The second-order valence-corrected chi connectivity index (χ2v) is 2.54. The molecule has 7 heteroatoms. The molecule has 0 bridgehead atoms. The Morgan fingerprint density at radius 3 is 2.92 bits per heavy atom. The Hall–Kier alpha value is -0.360. The number of fused-ring (bicyclic) bond motifs is 1. The summed E-state index contributed by atoms with van der Waals surface area (Å²) in [6.07, 6.45) is 0. The quantitative estimate of drug-likeness (QED) is 0.692. The zero-order chi connectivity index (χ0) is 7.68. The maximum Gasteiger partial charge on any atom is 0.113 e. The lowest BCUT2D eigenvalue weighted by Crippen LogP contribution is -2.28. The molecular formula is C6H12Cl2N4O. The Morgan fingerprint density at radius 2 is 2.23 bits per heavy atom. The molecule has 0 saturated carbocycles. The number of nitrogens with zero attached hydrogens (tertiary/aromatic N) is 3. The SMILES string of the molecule is Cl.Cl.OCc1nnn2c1CNCC2. The van der Waals surface area contributed by atoms with Crippen molar-refractivity contribution >= 4 is 24.8 Å². The average molecular weight is 227 g/mol. The molecule has 1 aliphatic heterocycles. The van der Waals surface area contributed by atoms with Gasteiger partial charge in [0.1, 0.15) is 5.69 Å². The van der Waals surface area contributed by atoms with E-state index in [9.17, 15) is 0 Å². The monoisotopic (exact) mass is 226 g/mol. The molecule has 13 heavy (non-hydrogen) atoms. The molecule has 0 unspecified atom stereocenters. The summed E-state index contributed by atoms with van der Waals surface area (Å²) >= 11 is 0. The van der Waals surface area contributed by atoms with E-state index in [1.807, 2.05) is 4.68 Å². The second kappa shape index (κ2) is 5.39. The van der Waals surface area contributed by atoms with Crippen LogP contribution in [0.15, 0.2) is 0 Å². The lowest BCUT2D eigenvalue weighted by atomic mass is 10.3. The summed E-state index contributed by atoms with van der Waals surface area (Å²) in [5.74, 6) is 0. The summed E-state index contributed by atoms with van der Waals surface area (Å²) in [6.45, 7) is 2.53. The van der Waals surface area contributed by atoms with Crippen molar-refractivity contribution in [1.29, 1.82) is 0 Å². The highest BCUT2D eigenvalue weighted by molar-refractivity contribution is 5.85. The van der Waals surface area contributed by atoms with Gasteiger partial charge in [-0.2, -0.15) is 0 Å². The molecule has 0 saturated heterocycles. The van der Waals surface area contributed by atoms with Crippen molar-refractivity contribution in [3.05, 3.63) is 11.4 Å². The lowest BCUT2D eigenvalue weighted by Gasteiger charge is -2.13. The number of halogens is 2. The molecule has 0 aromatic carbocycles. The third-order valence-electron chi connectivity index (χ3n) is 1.86. The van der Waals surface area contributed by atoms with E-state index in [0.717, 1.165) is 25.3 Å². The minimum absolute atomic E-state index is 0. The Morgan fingerprint density at radius 1 is 1.46 bits per heavy atom. The zero-order valence-corrected chi connectivity index (χ0v) is 8.57. The molecule has 5 nitrogen and oxygen atoms in total. The first-order chi connectivity index (χ1) is 5.42. The number of hydrogen-bond donors (Lipinski definition) is 2. The van der Waals surface area contributed by atoms with E-state index in [1.54, 1.807) is 0 Å². The molecule has 0 fully saturated rings. The van der Waals surface area contributed by atoms with Crippen LogP contribution in [0.25, 0.3) is 0 Å². The summed E-state index contributed by atoms with van der Waals surface area (Å²) in [7, 11) is 0. The second-order valence-electron chi connectivity index (χ2n) is 2.54. The fraction of sp³-hybridized carbons (Fsp3) is 0.667. The van der Waals surface area contributed by atoms with Gasteiger partial charge in [-0.1, -0.05) is 5.21 Å². The summed E-state index contributed by atoms with van der Waals surface area (Å²) in [6, 6.07) is 0. The molecule has 2 rings (SSSR count). The summed E-state index contributed by atoms with van der Waals surface area (Å²) in [5, 5.41) is 19.8. The molecule has 0 aliphatic carbocycles. The van der Waals surface area contributed by atoms with Gasteiger partial charge in [-0.25, -0.2) is 4.68 Å². The Kier molecular flexibility index (Phi) is 5.24. The maximum absolute atomic E-state index is 8.84. The van der Waals surface area contributed by atoms with Crippen LogP contribution in [0.2, 0.25) is 0 Å². The van der Waals surface area contributed by atoms with Gasteiger partial charge in [0.05, 0.1) is 18.8 Å². The van der Waals surface area contributed by atoms with Crippen LogP contribution in [0.4, 0.5) is 0 Å². The number of rotatable bonds is 1. The van der Waals surface area contributed by atoms with Crippen LogP contribution < -0.4 is 5.32 Å². The van der Waals surface area contributed by atoms with Crippen LogP contribution in [-0.2, 0) is 19.7 Å². The molecule has 0 radical (unpaired) electrons. The predicted octanol–water partition coefficient (Wildman–Crippen LogP) is -0.283. The maximum atomic E-state index is 8.84. The first-order valence-corrected chi connectivity index (χ1v) is 3.64. The van der Waals surface area contributed by atoms with Crippen molar-refractivity contribution in [3.63, 3.8) is 0 Å². The third kappa shape index (κ3) is 2.31. The summed E-state index contributed by atoms with van der Waals surface area (Å²) in [4.78, 5) is 0. The van der Waals surface area contributed by atoms with E-state index in [1.165, 1.54) is 0 Å². The molecule has 2 N–H and O–H groups in total. The molecule has 2 heterocycles. The van der Waals surface area contributed by atoms with Gasteiger partial charge in [0.2, 0.25) is 0 Å². The Bertz CT molecular complexity index is 252. The number of aliphatic hydroxyl groups excluding tert-OH is 1. The highest BCUT2D eigenvalue weighted by Crippen LogP contribution is 2.07. The van der Waals surface area contributed by atoms with Gasteiger partial charge in [-0.3, -0.25) is 0 Å². The lowest BCUT2D eigenvalue weighted by molar-refractivity contribution is 0.274. The highest BCUT2D eigenvalue weighted by Gasteiger charge is 2.14. The van der Waals surface area contributed by atoms with Gasteiger partial charge in [-0.15, -0.1) is 29.9 Å². The zero-order valence-electron chi connectivity index (χ0n) is 6.93. The molecule has 0 atom stereocenters. The largest absolute Gasteiger partial charge is 0.390 e. The Labute approximate surface area is 88.3 Å².